The number of benzene rings is 2. The minimum absolute atomic E-state index is 0.106. The average molecular weight is 522 g/mol. The van der Waals surface area contributed by atoms with Crippen LogP contribution in [0.25, 0.3) is 0 Å². The molecule has 0 saturated heterocycles. The Morgan fingerprint density at radius 3 is 2.05 bits per heavy atom. The van der Waals surface area contributed by atoms with Crippen molar-refractivity contribution in [2.45, 2.75) is 85.0 Å². The first-order valence-corrected chi connectivity index (χ1v) is 12.9. The minimum Gasteiger partial charge on any atom is -0.444 e. The summed E-state index contributed by atoms with van der Waals surface area (Å²) in [6.07, 6.45) is 1.12. The molecular weight excluding hydrogens is 478 g/mol. The van der Waals surface area contributed by atoms with Crippen molar-refractivity contribution in [1.82, 2.24) is 15.5 Å². The molecule has 0 bridgehead atoms. The highest BCUT2D eigenvalue weighted by molar-refractivity contribution is 5.92. The van der Waals surface area contributed by atoms with Crippen molar-refractivity contribution < 1.29 is 19.1 Å². The summed E-state index contributed by atoms with van der Waals surface area (Å²) in [5.41, 5.74) is 2.26. The third kappa shape index (κ3) is 9.69. The zero-order valence-electron chi connectivity index (χ0n) is 24.1. The summed E-state index contributed by atoms with van der Waals surface area (Å²) in [6, 6.07) is 13.4. The molecule has 0 radical (unpaired) electrons. The Labute approximate surface area is 227 Å². The zero-order valence-corrected chi connectivity index (χ0v) is 24.1. The lowest BCUT2D eigenvalue weighted by molar-refractivity contribution is -0.142. The fourth-order valence-corrected chi connectivity index (χ4v) is 4.24. The number of nitrogens with zero attached hydrogens (tertiary/aromatic N) is 1. The maximum absolute atomic E-state index is 14.2. The van der Waals surface area contributed by atoms with Crippen LogP contribution in [-0.4, -0.2) is 46.5 Å². The van der Waals surface area contributed by atoms with Crippen LogP contribution in [0, 0.1) is 13.8 Å². The molecule has 2 aromatic rings. The Bertz CT molecular complexity index is 1110. The standard InChI is InChI=1S/C31H43N3O4/c1-10-16-34(26(27(35)33-30(4,5)6)24-18-21(2)17-22(3)19-24)28(36)25(20-23-14-12-11-13-15-23)32-29(37)38-31(7,8)9/h10-15,17-19,25-26H,1,16,20H2,2-9H3,(H,32,37)(H,33,35). The van der Waals surface area contributed by atoms with Crippen LogP contribution < -0.4 is 10.6 Å². The molecule has 0 aliphatic carbocycles. The molecule has 38 heavy (non-hydrogen) atoms. The zero-order chi connectivity index (χ0) is 28.7. The Kier molecular flexibility index (Phi) is 10.3. The number of amides is 3. The summed E-state index contributed by atoms with van der Waals surface area (Å²) < 4.78 is 5.47. The van der Waals surface area contributed by atoms with Gasteiger partial charge in [0.05, 0.1) is 0 Å². The van der Waals surface area contributed by atoms with Crippen molar-refractivity contribution in [3.8, 4) is 0 Å². The Hall–Kier alpha value is -3.61. The number of hydrogen-bond donors (Lipinski definition) is 2. The number of hydrogen-bond acceptors (Lipinski definition) is 4. The summed E-state index contributed by atoms with van der Waals surface area (Å²) in [4.78, 5) is 42.2. The second-order valence-electron chi connectivity index (χ2n) is 11.7. The van der Waals surface area contributed by atoms with E-state index in [1.165, 1.54) is 4.90 Å². The third-order valence-corrected chi connectivity index (χ3v) is 5.50. The summed E-state index contributed by atoms with van der Waals surface area (Å²) in [7, 11) is 0. The van der Waals surface area contributed by atoms with Gasteiger partial charge in [-0.05, 0) is 66.5 Å². The van der Waals surface area contributed by atoms with E-state index in [1.807, 2.05) is 83.1 Å². The van der Waals surface area contributed by atoms with E-state index in [1.54, 1.807) is 26.8 Å². The van der Waals surface area contributed by atoms with Crippen LogP contribution in [0.1, 0.15) is 69.8 Å². The maximum Gasteiger partial charge on any atom is 0.408 e. The van der Waals surface area contributed by atoms with Crippen molar-refractivity contribution in [3.05, 3.63) is 83.4 Å². The first-order valence-electron chi connectivity index (χ1n) is 12.9. The molecule has 2 atom stereocenters. The van der Waals surface area contributed by atoms with E-state index in [2.05, 4.69) is 17.2 Å². The molecule has 0 spiro atoms. The number of nitrogens with one attached hydrogen (secondary N) is 2. The molecule has 2 rings (SSSR count). The highest BCUT2D eigenvalue weighted by Crippen LogP contribution is 2.26. The highest BCUT2D eigenvalue weighted by Gasteiger charge is 2.37. The van der Waals surface area contributed by atoms with Gasteiger partial charge in [-0.1, -0.05) is 65.7 Å². The van der Waals surface area contributed by atoms with E-state index in [9.17, 15) is 14.4 Å². The van der Waals surface area contributed by atoms with Crippen molar-refractivity contribution in [2.24, 2.45) is 0 Å². The van der Waals surface area contributed by atoms with E-state index in [-0.39, 0.29) is 18.9 Å². The normalized spacial score (nSPS) is 13.2. The molecule has 3 amide bonds. The SMILES string of the molecule is C=CCN(C(=O)C(Cc1ccccc1)NC(=O)OC(C)(C)C)C(C(=O)NC(C)(C)C)c1cc(C)cc(C)c1. The molecule has 2 aromatic carbocycles. The summed E-state index contributed by atoms with van der Waals surface area (Å²) >= 11 is 0. The molecule has 0 fully saturated rings. The lowest BCUT2D eigenvalue weighted by Gasteiger charge is -2.35. The predicted octanol–water partition coefficient (Wildman–Crippen LogP) is 5.41. The molecule has 2 N–H and O–H groups in total. The average Bonchev–Trinajstić information content (AvgIpc) is 2.75. The first-order chi connectivity index (χ1) is 17.6. The van der Waals surface area contributed by atoms with Gasteiger partial charge >= 0.3 is 6.09 Å². The largest absolute Gasteiger partial charge is 0.444 e. The number of carbonyl (C=O) groups excluding carboxylic acids is 3. The molecule has 2 unspecified atom stereocenters. The predicted molar refractivity (Wildman–Crippen MR) is 152 cm³/mol. The molecule has 7 heteroatoms. The highest BCUT2D eigenvalue weighted by atomic mass is 16.6. The summed E-state index contributed by atoms with van der Waals surface area (Å²) in [6.45, 7) is 18.8. The van der Waals surface area contributed by atoms with Gasteiger partial charge in [0, 0.05) is 18.5 Å². The van der Waals surface area contributed by atoms with E-state index < -0.39 is 35.2 Å². The minimum atomic E-state index is -0.969. The van der Waals surface area contributed by atoms with Crippen LogP contribution in [0.3, 0.4) is 0 Å². The Morgan fingerprint density at radius 1 is 0.974 bits per heavy atom. The molecule has 0 aliphatic rings. The van der Waals surface area contributed by atoms with Crippen LogP contribution >= 0.6 is 0 Å². The molecule has 7 nitrogen and oxygen atoms in total. The van der Waals surface area contributed by atoms with E-state index >= 15 is 0 Å². The number of alkyl carbamates (subject to hydrolysis) is 1. The molecule has 0 aliphatic heterocycles. The Balaban J connectivity index is 2.58. The van der Waals surface area contributed by atoms with Crippen LogP contribution in [0.15, 0.2) is 61.2 Å². The van der Waals surface area contributed by atoms with Gasteiger partial charge < -0.3 is 20.3 Å². The number of ether oxygens (including phenoxy) is 1. The number of aryl methyl sites for hydroxylation is 2. The number of rotatable bonds is 9. The van der Waals surface area contributed by atoms with Crippen LogP contribution in [-0.2, 0) is 20.7 Å². The first kappa shape index (κ1) is 30.6. The van der Waals surface area contributed by atoms with Gasteiger partial charge in [-0.3, -0.25) is 9.59 Å². The van der Waals surface area contributed by atoms with Gasteiger partial charge in [-0.15, -0.1) is 6.58 Å². The topological polar surface area (TPSA) is 87.7 Å². The van der Waals surface area contributed by atoms with Gasteiger partial charge in [0.2, 0.25) is 11.8 Å². The van der Waals surface area contributed by atoms with E-state index in [4.69, 9.17) is 4.74 Å². The van der Waals surface area contributed by atoms with Gasteiger partial charge in [0.15, 0.2) is 0 Å². The van der Waals surface area contributed by atoms with Crippen molar-refractivity contribution in [3.63, 3.8) is 0 Å². The fourth-order valence-electron chi connectivity index (χ4n) is 4.24. The maximum atomic E-state index is 14.2. The monoisotopic (exact) mass is 521 g/mol. The summed E-state index contributed by atoms with van der Waals surface area (Å²) in [5.74, 6) is -0.721. The number of carbonyl (C=O) groups is 3. The lowest BCUT2D eigenvalue weighted by Crippen LogP contribution is -2.55. The van der Waals surface area contributed by atoms with Crippen molar-refractivity contribution in [2.75, 3.05) is 6.54 Å². The third-order valence-electron chi connectivity index (χ3n) is 5.50. The molecule has 206 valence electrons. The Morgan fingerprint density at radius 2 is 1.55 bits per heavy atom. The van der Waals surface area contributed by atoms with E-state index in [0.717, 1.165) is 16.7 Å². The van der Waals surface area contributed by atoms with Gasteiger partial charge in [-0.25, -0.2) is 4.79 Å². The second-order valence-corrected chi connectivity index (χ2v) is 11.7. The molecular formula is C31H43N3O4. The summed E-state index contributed by atoms with van der Waals surface area (Å²) in [5, 5.41) is 5.79. The van der Waals surface area contributed by atoms with Gasteiger partial charge in [-0.2, -0.15) is 0 Å². The van der Waals surface area contributed by atoms with Gasteiger partial charge in [0.1, 0.15) is 17.7 Å². The van der Waals surface area contributed by atoms with E-state index in [0.29, 0.717) is 5.56 Å². The van der Waals surface area contributed by atoms with Gasteiger partial charge in [0.25, 0.3) is 0 Å². The fraction of sp³-hybridized carbons (Fsp3) is 0.452. The molecule has 0 aromatic heterocycles. The van der Waals surface area contributed by atoms with Crippen molar-refractivity contribution >= 4 is 17.9 Å². The molecule has 0 heterocycles. The second kappa shape index (κ2) is 12.8. The van der Waals surface area contributed by atoms with Crippen LogP contribution in [0.5, 0.6) is 0 Å². The lowest BCUT2D eigenvalue weighted by atomic mass is 9.96. The van der Waals surface area contributed by atoms with Crippen LogP contribution in [0.2, 0.25) is 0 Å². The van der Waals surface area contributed by atoms with Crippen LogP contribution in [0.4, 0.5) is 4.79 Å². The quantitative estimate of drug-likeness (QED) is 0.432. The molecule has 0 saturated carbocycles. The smallest absolute Gasteiger partial charge is 0.408 e. The van der Waals surface area contributed by atoms with Crippen molar-refractivity contribution in [1.29, 1.82) is 0 Å².